The Balaban J connectivity index is 1.59. The van der Waals surface area contributed by atoms with Gasteiger partial charge in [0.25, 0.3) is 5.91 Å². The number of para-hydroxylation sites is 2. The maximum atomic E-state index is 12.2. The van der Waals surface area contributed by atoms with E-state index >= 15 is 0 Å². The number of ether oxygens (including phenoxy) is 2. The highest BCUT2D eigenvalue weighted by molar-refractivity contribution is 5.92. The van der Waals surface area contributed by atoms with Crippen LogP contribution in [0, 0.1) is 0 Å². The fourth-order valence-corrected chi connectivity index (χ4v) is 2.41. The Hall–Kier alpha value is -3.61. The molecule has 2 N–H and O–H groups in total. The van der Waals surface area contributed by atoms with Gasteiger partial charge in [0, 0.05) is 6.54 Å². The first kappa shape index (κ1) is 18.2. The van der Waals surface area contributed by atoms with Crippen molar-refractivity contribution in [2.45, 2.75) is 6.54 Å². The van der Waals surface area contributed by atoms with Gasteiger partial charge in [0.15, 0.2) is 0 Å². The van der Waals surface area contributed by atoms with Crippen LogP contribution in [-0.2, 0) is 6.54 Å². The second kappa shape index (κ2) is 8.66. The summed E-state index contributed by atoms with van der Waals surface area (Å²) in [5.41, 5.74) is 1.98. The molecule has 0 atom stereocenters. The SMILES string of the molecule is COc1ccc(CNC(=O)c2cnc(Nc3ccccc3OC)cn2)cc1. The predicted octanol–water partition coefficient (Wildman–Crippen LogP) is 3.17. The Bertz CT molecular complexity index is 896. The van der Waals surface area contributed by atoms with Crippen molar-refractivity contribution in [1.29, 1.82) is 0 Å². The normalized spacial score (nSPS) is 10.1. The molecule has 0 aliphatic rings. The van der Waals surface area contributed by atoms with Crippen molar-refractivity contribution in [2.75, 3.05) is 19.5 Å². The van der Waals surface area contributed by atoms with Gasteiger partial charge >= 0.3 is 0 Å². The molecule has 7 nitrogen and oxygen atoms in total. The molecule has 7 heteroatoms. The lowest BCUT2D eigenvalue weighted by Crippen LogP contribution is -2.24. The Morgan fingerprint density at radius 2 is 1.74 bits per heavy atom. The maximum Gasteiger partial charge on any atom is 0.271 e. The van der Waals surface area contributed by atoms with Gasteiger partial charge < -0.3 is 20.1 Å². The summed E-state index contributed by atoms with van der Waals surface area (Å²) in [7, 11) is 3.21. The quantitative estimate of drug-likeness (QED) is 0.670. The van der Waals surface area contributed by atoms with Crippen molar-refractivity contribution in [3.8, 4) is 11.5 Å². The molecule has 0 radical (unpaired) electrons. The van der Waals surface area contributed by atoms with Crippen LogP contribution in [0.2, 0.25) is 0 Å². The zero-order chi connectivity index (χ0) is 19.1. The van der Waals surface area contributed by atoms with Gasteiger partial charge in [0.2, 0.25) is 0 Å². The number of methoxy groups -OCH3 is 2. The van der Waals surface area contributed by atoms with E-state index < -0.39 is 0 Å². The molecule has 138 valence electrons. The number of nitrogens with zero attached hydrogens (tertiary/aromatic N) is 2. The molecular weight excluding hydrogens is 344 g/mol. The number of hydrogen-bond donors (Lipinski definition) is 2. The number of anilines is 2. The first-order valence-electron chi connectivity index (χ1n) is 8.33. The number of carbonyl (C=O) groups excluding carboxylic acids is 1. The van der Waals surface area contributed by atoms with E-state index in [2.05, 4.69) is 20.6 Å². The van der Waals surface area contributed by atoms with Crippen LogP contribution in [0.15, 0.2) is 60.9 Å². The van der Waals surface area contributed by atoms with Gasteiger partial charge in [-0.3, -0.25) is 4.79 Å². The summed E-state index contributed by atoms with van der Waals surface area (Å²) in [5, 5.41) is 5.93. The highest BCUT2D eigenvalue weighted by Crippen LogP contribution is 2.25. The fourth-order valence-electron chi connectivity index (χ4n) is 2.41. The zero-order valence-electron chi connectivity index (χ0n) is 15.1. The maximum absolute atomic E-state index is 12.2. The highest BCUT2D eigenvalue weighted by Gasteiger charge is 2.09. The summed E-state index contributed by atoms with van der Waals surface area (Å²) in [6.07, 6.45) is 2.94. The average Bonchev–Trinajstić information content (AvgIpc) is 2.73. The molecule has 0 unspecified atom stereocenters. The van der Waals surface area contributed by atoms with Crippen molar-refractivity contribution in [2.24, 2.45) is 0 Å². The van der Waals surface area contributed by atoms with Gasteiger partial charge in [-0.25, -0.2) is 9.97 Å². The van der Waals surface area contributed by atoms with E-state index in [1.165, 1.54) is 12.4 Å². The summed E-state index contributed by atoms with van der Waals surface area (Å²) < 4.78 is 10.4. The van der Waals surface area contributed by atoms with Crippen molar-refractivity contribution >= 4 is 17.4 Å². The largest absolute Gasteiger partial charge is 0.497 e. The second-order valence-corrected chi connectivity index (χ2v) is 5.64. The molecule has 1 aromatic heterocycles. The number of amides is 1. The van der Waals surface area contributed by atoms with Crippen molar-refractivity contribution < 1.29 is 14.3 Å². The van der Waals surface area contributed by atoms with Crippen LogP contribution in [0.1, 0.15) is 16.1 Å². The standard InChI is InChI=1S/C20H20N4O3/c1-26-15-9-7-14(8-10-15)11-23-20(25)17-12-22-19(13-21-17)24-16-5-3-4-6-18(16)27-2/h3-10,12-13H,11H2,1-2H3,(H,22,24)(H,23,25). The first-order valence-corrected chi connectivity index (χ1v) is 8.33. The van der Waals surface area contributed by atoms with Crippen molar-refractivity contribution in [3.05, 3.63) is 72.2 Å². The lowest BCUT2D eigenvalue weighted by atomic mass is 10.2. The van der Waals surface area contributed by atoms with Crippen LogP contribution in [0.4, 0.5) is 11.5 Å². The number of carbonyl (C=O) groups is 1. The summed E-state index contributed by atoms with van der Waals surface area (Å²) in [6, 6.07) is 15.0. The minimum Gasteiger partial charge on any atom is -0.497 e. The van der Waals surface area contributed by atoms with E-state index in [1.807, 2.05) is 48.5 Å². The molecule has 3 aromatic rings. The number of hydrogen-bond acceptors (Lipinski definition) is 6. The van der Waals surface area contributed by atoms with Crippen LogP contribution >= 0.6 is 0 Å². The molecule has 3 rings (SSSR count). The summed E-state index contributed by atoms with van der Waals surface area (Å²) in [6.45, 7) is 0.395. The van der Waals surface area contributed by atoms with Crippen molar-refractivity contribution in [1.82, 2.24) is 15.3 Å². The second-order valence-electron chi connectivity index (χ2n) is 5.64. The third-order valence-electron chi connectivity index (χ3n) is 3.87. The molecule has 0 aliphatic heterocycles. The Morgan fingerprint density at radius 1 is 0.963 bits per heavy atom. The zero-order valence-corrected chi connectivity index (χ0v) is 15.1. The number of rotatable bonds is 7. The molecule has 0 fully saturated rings. The van der Waals surface area contributed by atoms with Crippen LogP contribution < -0.4 is 20.1 Å². The molecule has 0 saturated carbocycles. The minimum atomic E-state index is -0.290. The van der Waals surface area contributed by atoms with Gasteiger partial charge in [-0.15, -0.1) is 0 Å². The Labute approximate surface area is 157 Å². The number of aromatic nitrogens is 2. The molecule has 0 saturated heterocycles. The first-order chi connectivity index (χ1) is 13.2. The van der Waals surface area contributed by atoms with E-state index in [0.717, 1.165) is 17.0 Å². The third-order valence-corrected chi connectivity index (χ3v) is 3.87. The monoisotopic (exact) mass is 364 g/mol. The highest BCUT2D eigenvalue weighted by atomic mass is 16.5. The number of benzene rings is 2. The van der Waals surface area contributed by atoms with Gasteiger partial charge in [-0.05, 0) is 29.8 Å². The predicted molar refractivity (Wildman–Crippen MR) is 102 cm³/mol. The molecule has 2 aromatic carbocycles. The van der Waals surface area contributed by atoms with E-state index in [0.29, 0.717) is 18.1 Å². The smallest absolute Gasteiger partial charge is 0.271 e. The van der Waals surface area contributed by atoms with Gasteiger partial charge in [-0.2, -0.15) is 0 Å². The summed E-state index contributed by atoms with van der Waals surface area (Å²) in [4.78, 5) is 20.6. The van der Waals surface area contributed by atoms with E-state index in [-0.39, 0.29) is 11.6 Å². The van der Waals surface area contributed by atoms with Crippen LogP contribution in [0.3, 0.4) is 0 Å². The van der Waals surface area contributed by atoms with Gasteiger partial charge in [-0.1, -0.05) is 24.3 Å². The lowest BCUT2D eigenvalue weighted by Gasteiger charge is -2.10. The van der Waals surface area contributed by atoms with Crippen LogP contribution in [0.25, 0.3) is 0 Å². The molecule has 1 amide bonds. The minimum absolute atomic E-state index is 0.245. The molecule has 0 bridgehead atoms. The van der Waals surface area contributed by atoms with Crippen LogP contribution in [0.5, 0.6) is 11.5 Å². The van der Waals surface area contributed by atoms with Crippen molar-refractivity contribution in [3.63, 3.8) is 0 Å². The molecular formula is C20H20N4O3. The summed E-state index contributed by atoms with van der Waals surface area (Å²) >= 11 is 0. The van der Waals surface area contributed by atoms with Gasteiger partial charge in [0.05, 0.1) is 32.3 Å². The topological polar surface area (TPSA) is 85.4 Å². The third kappa shape index (κ3) is 4.72. The van der Waals surface area contributed by atoms with E-state index in [4.69, 9.17) is 9.47 Å². The molecule has 0 aliphatic carbocycles. The lowest BCUT2D eigenvalue weighted by molar-refractivity contribution is 0.0945. The van der Waals surface area contributed by atoms with Crippen LogP contribution in [-0.4, -0.2) is 30.1 Å². The Morgan fingerprint density at radius 3 is 2.41 bits per heavy atom. The molecule has 0 spiro atoms. The number of nitrogens with one attached hydrogen (secondary N) is 2. The average molecular weight is 364 g/mol. The summed E-state index contributed by atoms with van der Waals surface area (Å²) in [5.74, 6) is 1.70. The van der Waals surface area contributed by atoms with E-state index in [1.54, 1.807) is 14.2 Å². The fraction of sp³-hybridized carbons (Fsp3) is 0.150. The molecule has 1 heterocycles. The molecule has 27 heavy (non-hydrogen) atoms. The Kier molecular flexibility index (Phi) is 5.84. The van der Waals surface area contributed by atoms with Gasteiger partial charge in [0.1, 0.15) is 23.0 Å². The van der Waals surface area contributed by atoms with E-state index in [9.17, 15) is 4.79 Å².